The number of aromatic carboxylic acids is 1. The van der Waals surface area contributed by atoms with Crippen LogP contribution in [0, 0.1) is 11.8 Å². The molecular formula is C19H25ClO5S. The van der Waals surface area contributed by atoms with Crippen LogP contribution in [0.5, 0.6) is 0 Å². The van der Waals surface area contributed by atoms with Crippen molar-refractivity contribution in [2.24, 2.45) is 11.8 Å². The minimum atomic E-state index is -0.885. The first kappa shape index (κ1) is 19.8. The zero-order valence-electron chi connectivity index (χ0n) is 14.6. The van der Waals surface area contributed by atoms with Gasteiger partial charge in [-0.1, -0.05) is 0 Å². The van der Waals surface area contributed by atoms with Gasteiger partial charge >= 0.3 is 5.97 Å². The summed E-state index contributed by atoms with van der Waals surface area (Å²) in [6.07, 6.45) is 6.86. The first-order chi connectivity index (χ1) is 12.6. The van der Waals surface area contributed by atoms with E-state index >= 15 is 0 Å². The van der Waals surface area contributed by atoms with Gasteiger partial charge < -0.3 is 19.4 Å². The maximum absolute atomic E-state index is 11.7. The number of aldehydes is 1. The fourth-order valence-corrected chi connectivity index (χ4v) is 5.29. The van der Waals surface area contributed by atoms with E-state index in [1.165, 1.54) is 11.3 Å². The van der Waals surface area contributed by atoms with E-state index in [0.29, 0.717) is 11.3 Å². The lowest BCUT2D eigenvalue weighted by molar-refractivity contribution is -0.194. The molecule has 2 fully saturated rings. The quantitative estimate of drug-likeness (QED) is 0.524. The Labute approximate surface area is 162 Å². The molecule has 1 aliphatic heterocycles. The first-order valence-electron chi connectivity index (χ1n) is 9.27. The third-order valence-corrected chi connectivity index (χ3v) is 6.94. The Morgan fingerprint density at radius 3 is 2.92 bits per heavy atom. The molecule has 3 rings (SSSR count). The summed E-state index contributed by atoms with van der Waals surface area (Å²) in [5.74, 6) is -0.980. The Hall–Kier alpha value is -0.950. The summed E-state index contributed by atoms with van der Waals surface area (Å²) < 4.78 is 11.7. The second kappa shape index (κ2) is 9.31. The van der Waals surface area contributed by atoms with Crippen LogP contribution >= 0.6 is 22.9 Å². The van der Waals surface area contributed by atoms with Gasteiger partial charge in [0, 0.05) is 22.8 Å². The summed E-state index contributed by atoms with van der Waals surface area (Å²) in [6.45, 7) is 0.718. The van der Waals surface area contributed by atoms with Crippen molar-refractivity contribution in [2.45, 2.75) is 62.7 Å². The van der Waals surface area contributed by atoms with E-state index in [1.807, 2.05) is 6.07 Å². The molecule has 2 heterocycles. The minimum Gasteiger partial charge on any atom is -0.477 e. The molecule has 1 saturated carbocycles. The van der Waals surface area contributed by atoms with E-state index in [0.717, 1.165) is 56.3 Å². The number of carboxylic acid groups (broad SMARTS) is 1. The van der Waals surface area contributed by atoms with Crippen LogP contribution in [0.15, 0.2) is 12.1 Å². The van der Waals surface area contributed by atoms with Gasteiger partial charge in [0.1, 0.15) is 11.2 Å². The zero-order valence-corrected chi connectivity index (χ0v) is 16.2. The van der Waals surface area contributed by atoms with Gasteiger partial charge in [-0.25, -0.2) is 4.79 Å². The summed E-state index contributed by atoms with van der Waals surface area (Å²) >= 11 is 7.85. The van der Waals surface area contributed by atoms with E-state index in [4.69, 9.17) is 26.2 Å². The number of aryl methyl sites for hydroxylation is 1. The Balaban J connectivity index is 1.51. The molecule has 0 amide bonds. The van der Waals surface area contributed by atoms with E-state index in [2.05, 4.69) is 0 Å². The Morgan fingerprint density at radius 2 is 2.27 bits per heavy atom. The number of halogens is 1. The van der Waals surface area contributed by atoms with Crippen LogP contribution in [0.3, 0.4) is 0 Å². The molecule has 0 aromatic carbocycles. The highest BCUT2D eigenvalue weighted by molar-refractivity contribution is 7.13. The maximum Gasteiger partial charge on any atom is 0.345 e. The topological polar surface area (TPSA) is 72.8 Å². The van der Waals surface area contributed by atoms with E-state index in [-0.39, 0.29) is 29.6 Å². The van der Waals surface area contributed by atoms with Crippen LogP contribution in [0.2, 0.25) is 0 Å². The van der Waals surface area contributed by atoms with Crippen molar-refractivity contribution >= 4 is 35.2 Å². The van der Waals surface area contributed by atoms with Crippen LogP contribution in [0.4, 0.5) is 0 Å². The van der Waals surface area contributed by atoms with Crippen LogP contribution in [-0.4, -0.2) is 41.7 Å². The lowest BCUT2D eigenvalue weighted by atomic mass is 9.91. The van der Waals surface area contributed by atoms with Gasteiger partial charge in [-0.05, 0) is 63.0 Å². The number of ether oxygens (including phenoxy) is 2. The Bertz CT molecular complexity index is 613. The number of thiophene rings is 1. The van der Waals surface area contributed by atoms with Gasteiger partial charge in [0.15, 0.2) is 6.29 Å². The number of alkyl halides is 1. The summed E-state index contributed by atoms with van der Waals surface area (Å²) in [4.78, 5) is 24.1. The van der Waals surface area contributed by atoms with Crippen molar-refractivity contribution in [1.29, 1.82) is 0 Å². The molecule has 1 saturated heterocycles. The number of hydrogen-bond acceptors (Lipinski definition) is 5. The summed E-state index contributed by atoms with van der Waals surface area (Å²) in [6, 6.07) is 3.51. The summed E-state index contributed by atoms with van der Waals surface area (Å²) in [7, 11) is 0. The highest BCUT2D eigenvalue weighted by Crippen LogP contribution is 2.41. The highest BCUT2D eigenvalue weighted by atomic mass is 35.5. The number of carboxylic acids is 1. The van der Waals surface area contributed by atoms with Crippen molar-refractivity contribution in [1.82, 2.24) is 0 Å². The molecule has 1 aromatic heterocycles. The highest BCUT2D eigenvalue weighted by Gasteiger charge is 2.43. The van der Waals surface area contributed by atoms with Crippen molar-refractivity contribution in [3.8, 4) is 0 Å². The van der Waals surface area contributed by atoms with Crippen molar-refractivity contribution in [3.63, 3.8) is 0 Å². The molecular weight excluding hydrogens is 376 g/mol. The molecule has 0 bridgehead atoms. The lowest BCUT2D eigenvalue weighted by Gasteiger charge is -2.28. The van der Waals surface area contributed by atoms with Crippen LogP contribution < -0.4 is 0 Å². The van der Waals surface area contributed by atoms with Gasteiger partial charge in [0.2, 0.25) is 0 Å². The van der Waals surface area contributed by atoms with Gasteiger partial charge in [0.25, 0.3) is 0 Å². The summed E-state index contributed by atoms with van der Waals surface area (Å²) in [5.41, 5.74) is 0. The van der Waals surface area contributed by atoms with Gasteiger partial charge in [0.05, 0.1) is 6.10 Å². The first-order valence-corrected chi connectivity index (χ1v) is 10.5. The molecule has 0 spiro atoms. The smallest absolute Gasteiger partial charge is 0.345 e. The normalized spacial score (nSPS) is 31.8. The van der Waals surface area contributed by atoms with Gasteiger partial charge in [-0.15, -0.1) is 22.9 Å². The number of carbonyl (C=O) groups is 2. The molecule has 1 aliphatic carbocycles. The largest absolute Gasteiger partial charge is 0.477 e. The molecule has 2 aliphatic rings. The van der Waals surface area contributed by atoms with Crippen molar-refractivity contribution in [3.05, 3.63) is 21.9 Å². The second-order valence-corrected chi connectivity index (χ2v) is 8.79. The molecule has 1 unspecified atom stereocenters. The fourth-order valence-electron chi connectivity index (χ4n) is 3.93. The van der Waals surface area contributed by atoms with Gasteiger partial charge in [-0.2, -0.15) is 0 Å². The van der Waals surface area contributed by atoms with Crippen molar-refractivity contribution in [2.75, 3.05) is 6.61 Å². The third-order valence-electron chi connectivity index (χ3n) is 5.30. The zero-order chi connectivity index (χ0) is 18.5. The Morgan fingerprint density at radius 1 is 1.42 bits per heavy atom. The van der Waals surface area contributed by atoms with E-state index in [9.17, 15) is 9.59 Å². The predicted octanol–water partition coefficient (Wildman–Crippen LogP) is 4.12. The van der Waals surface area contributed by atoms with E-state index in [1.54, 1.807) is 6.07 Å². The van der Waals surface area contributed by atoms with E-state index < -0.39 is 5.97 Å². The Kier molecular flexibility index (Phi) is 7.09. The van der Waals surface area contributed by atoms with Crippen LogP contribution in [0.25, 0.3) is 0 Å². The van der Waals surface area contributed by atoms with Gasteiger partial charge in [-0.3, -0.25) is 0 Å². The molecule has 5 nitrogen and oxygen atoms in total. The lowest BCUT2D eigenvalue weighted by Crippen LogP contribution is -2.32. The minimum absolute atomic E-state index is 0.0725. The fraction of sp³-hybridized carbons (Fsp3) is 0.684. The predicted molar refractivity (Wildman–Crippen MR) is 100.0 cm³/mol. The molecule has 5 atom stereocenters. The molecule has 7 heteroatoms. The third kappa shape index (κ3) is 4.85. The molecule has 1 N–H and O–H groups in total. The maximum atomic E-state index is 11.7. The van der Waals surface area contributed by atoms with Crippen molar-refractivity contribution < 1.29 is 24.2 Å². The molecule has 0 radical (unpaired) electrons. The molecule has 144 valence electrons. The standard InChI is InChI=1S/C19H25ClO5S/c20-15-10-16(25-18-6-1-2-9-24-18)14(11-21)13(15)5-3-4-12-7-8-17(26-12)19(22)23/h7-8,11,13-16,18H,1-6,9-10H2,(H,22,23)/t13-,14-,15-,16-,18?/m1/s1. The molecule has 1 aromatic rings. The average Bonchev–Trinajstić information content (AvgIpc) is 3.21. The van der Waals surface area contributed by atoms with Crippen LogP contribution in [0.1, 0.15) is 53.1 Å². The number of carbonyl (C=O) groups excluding carboxylic acids is 1. The SMILES string of the molecule is O=C[C@@H]1[C@@H](CCCc2ccc(C(=O)O)s2)[C@H](Cl)C[C@H]1OC1CCCCO1. The second-order valence-electron chi connectivity index (χ2n) is 7.06. The monoisotopic (exact) mass is 400 g/mol. The molecule has 26 heavy (non-hydrogen) atoms. The number of rotatable bonds is 8. The average molecular weight is 401 g/mol. The van der Waals surface area contributed by atoms with Crippen LogP contribution in [-0.2, 0) is 20.7 Å². The number of hydrogen-bond donors (Lipinski definition) is 1. The summed E-state index contributed by atoms with van der Waals surface area (Å²) in [5, 5.41) is 8.92.